The topological polar surface area (TPSA) is 56.8 Å². The summed E-state index contributed by atoms with van der Waals surface area (Å²) in [6.45, 7) is 2.47. The summed E-state index contributed by atoms with van der Waals surface area (Å²) in [5.41, 5.74) is 0. The highest BCUT2D eigenvalue weighted by atomic mass is 16.5. The van der Waals surface area contributed by atoms with Crippen LogP contribution in [-0.2, 0) is 4.79 Å². The van der Waals surface area contributed by atoms with Gasteiger partial charge in [0.05, 0.1) is 13.7 Å². The number of rotatable bonds is 8. The van der Waals surface area contributed by atoms with Gasteiger partial charge in [-0.15, -0.1) is 0 Å². The van der Waals surface area contributed by atoms with Crippen molar-refractivity contribution in [2.45, 2.75) is 13.0 Å². The van der Waals surface area contributed by atoms with Gasteiger partial charge in [-0.1, -0.05) is 42.5 Å². The van der Waals surface area contributed by atoms with Crippen LogP contribution in [0, 0.1) is 0 Å². The van der Waals surface area contributed by atoms with Gasteiger partial charge in [0.25, 0.3) is 5.91 Å². The zero-order chi connectivity index (χ0) is 19.1. The average Bonchev–Trinajstić information content (AvgIpc) is 2.71. The van der Waals surface area contributed by atoms with E-state index in [1.807, 2.05) is 48.5 Å². The molecule has 5 heteroatoms. The number of methoxy groups -OCH3 is 1. The maximum atomic E-state index is 12.2. The summed E-state index contributed by atoms with van der Waals surface area (Å²) in [5, 5.41) is 5.11. The predicted molar refractivity (Wildman–Crippen MR) is 106 cm³/mol. The van der Waals surface area contributed by atoms with Crippen LogP contribution in [0.1, 0.15) is 6.92 Å². The van der Waals surface area contributed by atoms with E-state index in [0.29, 0.717) is 24.7 Å². The largest absolute Gasteiger partial charge is 0.493 e. The second kappa shape index (κ2) is 8.94. The summed E-state index contributed by atoms with van der Waals surface area (Å²) in [7, 11) is 1.57. The van der Waals surface area contributed by atoms with Gasteiger partial charge in [-0.3, -0.25) is 4.79 Å². The van der Waals surface area contributed by atoms with Gasteiger partial charge in [0.2, 0.25) is 0 Å². The number of fused-ring (bicyclic) bond motifs is 1. The monoisotopic (exact) mass is 365 g/mol. The summed E-state index contributed by atoms with van der Waals surface area (Å²) in [6.07, 6.45) is -0.637. The van der Waals surface area contributed by atoms with E-state index in [1.165, 1.54) is 5.39 Å². The van der Waals surface area contributed by atoms with Crippen LogP contribution < -0.4 is 19.5 Å². The molecule has 0 aliphatic carbocycles. The molecule has 0 saturated carbocycles. The number of nitrogens with one attached hydrogen (secondary N) is 1. The van der Waals surface area contributed by atoms with Crippen LogP contribution in [0.25, 0.3) is 10.8 Å². The number of benzene rings is 3. The molecular weight excluding hydrogens is 342 g/mol. The molecular formula is C22H23NO4. The highest BCUT2D eigenvalue weighted by molar-refractivity contribution is 5.83. The maximum absolute atomic E-state index is 12.2. The minimum absolute atomic E-state index is 0.206. The summed E-state index contributed by atoms with van der Waals surface area (Å²) in [5.74, 6) is 1.70. The molecule has 0 aliphatic heterocycles. The molecule has 3 aromatic carbocycles. The first-order valence-corrected chi connectivity index (χ1v) is 8.86. The van der Waals surface area contributed by atoms with E-state index in [0.717, 1.165) is 11.1 Å². The molecule has 1 atom stereocenters. The number of hydrogen-bond acceptors (Lipinski definition) is 4. The van der Waals surface area contributed by atoms with Crippen LogP contribution in [0.3, 0.4) is 0 Å². The first kappa shape index (κ1) is 18.6. The van der Waals surface area contributed by atoms with Gasteiger partial charge in [0, 0.05) is 0 Å². The van der Waals surface area contributed by atoms with E-state index < -0.39 is 6.10 Å². The van der Waals surface area contributed by atoms with Crippen LogP contribution >= 0.6 is 0 Å². The SMILES string of the molecule is COc1ccccc1O[C@@H](C)C(=O)NCCOc1ccc2ccccc2c1. The van der Waals surface area contributed by atoms with Crippen LogP contribution in [0.5, 0.6) is 17.2 Å². The van der Waals surface area contributed by atoms with Crippen molar-refractivity contribution in [1.82, 2.24) is 5.32 Å². The molecule has 27 heavy (non-hydrogen) atoms. The third-order valence-corrected chi connectivity index (χ3v) is 4.13. The minimum atomic E-state index is -0.637. The van der Waals surface area contributed by atoms with Gasteiger partial charge in [-0.05, 0) is 42.0 Å². The quantitative estimate of drug-likeness (QED) is 0.617. The average molecular weight is 365 g/mol. The number of amides is 1. The zero-order valence-corrected chi connectivity index (χ0v) is 15.5. The third-order valence-electron chi connectivity index (χ3n) is 4.13. The molecule has 0 fully saturated rings. The number of hydrogen-bond donors (Lipinski definition) is 1. The lowest BCUT2D eigenvalue weighted by molar-refractivity contribution is -0.127. The first-order chi connectivity index (χ1) is 13.2. The van der Waals surface area contributed by atoms with Crippen LogP contribution in [0.4, 0.5) is 0 Å². The smallest absolute Gasteiger partial charge is 0.260 e. The molecule has 0 saturated heterocycles. The Hall–Kier alpha value is -3.21. The lowest BCUT2D eigenvalue weighted by Gasteiger charge is -2.16. The van der Waals surface area contributed by atoms with Crippen LogP contribution in [-0.4, -0.2) is 32.3 Å². The van der Waals surface area contributed by atoms with E-state index in [4.69, 9.17) is 14.2 Å². The lowest BCUT2D eigenvalue weighted by Crippen LogP contribution is -2.38. The molecule has 0 bridgehead atoms. The van der Waals surface area contributed by atoms with Crippen LogP contribution in [0.2, 0.25) is 0 Å². The van der Waals surface area contributed by atoms with Crippen molar-refractivity contribution in [2.75, 3.05) is 20.3 Å². The molecule has 0 aromatic heterocycles. The Morgan fingerprint density at radius 2 is 1.67 bits per heavy atom. The molecule has 0 unspecified atom stereocenters. The van der Waals surface area contributed by atoms with E-state index in [9.17, 15) is 4.79 Å². The van der Waals surface area contributed by atoms with Crippen LogP contribution in [0.15, 0.2) is 66.7 Å². The van der Waals surface area contributed by atoms with Crippen molar-refractivity contribution in [3.63, 3.8) is 0 Å². The van der Waals surface area contributed by atoms with Crippen molar-refractivity contribution in [3.8, 4) is 17.2 Å². The van der Waals surface area contributed by atoms with Gasteiger partial charge in [-0.2, -0.15) is 0 Å². The fourth-order valence-corrected chi connectivity index (χ4v) is 2.70. The highest BCUT2D eigenvalue weighted by Crippen LogP contribution is 2.26. The third kappa shape index (κ3) is 4.91. The zero-order valence-electron chi connectivity index (χ0n) is 15.5. The van der Waals surface area contributed by atoms with Gasteiger partial charge >= 0.3 is 0 Å². The number of ether oxygens (including phenoxy) is 3. The standard InChI is InChI=1S/C22H23NO4/c1-16(27-21-10-6-5-9-20(21)25-2)22(24)23-13-14-26-19-12-11-17-7-3-4-8-18(17)15-19/h3-12,15-16H,13-14H2,1-2H3,(H,23,24)/t16-/m0/s1. The molecule has 5 nitrogen and oxygen atoms in total. The Bertz CT molecular complexity index is 909. The molecule has 0 radical (unpaired) electrons. The van der Waals surface area contributed by atoms with E-state index >= 15 is 0 Å². The number of carbonyl (C=O) groups excluding carboxylic acids is 1. The number of carbonyl (C=O) groups is 1. The summed E-state index contributed by atoms with van der Waals surface area (Å²) in [4.78, 5) is 12.2. The van der Waals surface area contributed by atoms with Crippen molar-refractivity contribution in [2.24, 2.45) is 0 Å². The van der Waals surface area contributed by atoms with Gasteiger partial charge in [0.1, 0.15) is 12.4 Å². The van der Waals surface area contributed by atoms with Crippen molar-refractivity contribution in [3.05, 3.63) is 66.7 Å². The van der Waals surface area contributed by atoms with E-state index in [2.05, 4.69) is 11.4 Å². The molecule has 3 rings (SSSR count). The lowest BCUT2D eigenvalue weighted by atomic mass is 10.1. The first-order valence-electron chi connectivity index (χ1n) is 8.86. The molecule has 0 aliphatic rings. The second-order valence-electron chi connectivity index (χ2n) is 6.06. The molecule has 0 spiro atoms. The summed E-state index contributed by atoms with van der Waals surface area (Å²) < 4.78 is 16.6. The van der Waals surface area contributed by atoms with Gasteiger partial charge in [-0.25, -0.2) is 0 Å². The fourth-order valence-electron chi connectivity index (χ4n) is 2.70. The molecule has 1 N–H and O–H groups in total. The van der Waals surface area contributed by atoms with Gasteiger partial charge in [0.15, 0.2) is 17.6 Å². The maximum Gasteiger partial charge on any atom is 0.260 e. The van der Waals surface area contributed by atoms with Gasteiger partial charge < -0.3 is 19.5 Å². The van der Waals surface area contributed by atoms with Crippen molar-refractivity contribution >= 4 is 16.7 Å². The van der Waals surface area contributed by atoms with E-state index in [1.54, 1.807) is 26.2 Å². The normalized spacial score (nSPS) is 11.6. The molecule has 0 heterocycles. The predicted octanol–water partition coefficient (Wildman–Crippen LogP) is 3.81. The highest BCUT2D eigenvalue weighted by Gasteiger charge is 2.16. The Morgan fingerprint density at radius 3 is 2.44 bits per heavy atom. The Morgan fingerprint density at radius 1 is 0.963 bits per heavy atom. The Labute approximate surface area is 158 Å². The molecule has 3 aromatic rings. The Kier molecular flexibility index (Phi) is 6.15. The van der Waals surface area contributed by atoms with Crippen molar-refractivity contribution < 1.29 is 19.0 Å². The Balaban J connectivity index is 1.45. The molecule has 1 amide bonds. The number of para-hydroxylation sites is 2. The fraction of sp³-hybridized carbons (Fsp3) is 0.227. The summed E-state index contributed by atoms with van der Waals surface area (Å²) >= 11 is 0. The molecule has 140 valence electrons. The van der Waals surface area contributed by atoms with Crippen molar-refractivity contribution in [1.29, 1.82) is 0 Å². The second-order valence-corrected chi connectivity index (χ2v) is 6.06. The summed E-state index contributed by atoms with van der Waals surface area (Å²) in [6, 6.07) is 21.3. The minimum Gasteiger partial charge on any atom is -0.493 e. The van der Waals surface area contributed by atoms with E-state index in [-0.39, 0.29) is 5.91 Å².